The number of nitrogens with zero attached hydrogens (tertiary/aromatic N) is 2. The van der Waals surface area contributed by atoms with E-state index in [1.54, 1.807) is 6.07 Å². The Kier molecular flexibility index (Phi) is 8.18. The highest BCUT2D eigenvalue weighted by molar-refractivity contribution is 6.14. The Hall–Kier alpha value is -6.11. The fourth-order valence-electron chi connectivity index (χ4n) is 3.98. The minimum atomic E-state index is -4.96. The summed E-state index contributed by atoms with van der Waals surface area (Å²) in [6.07, 6.45) is -7.00. The summed E-state index contributed by atoms with van der Waals surface area (Å²) in [5.74, 6) is -2.43. The van der Waals surface area contributed by atoms with Crippen molar-refractivity contribution in [2.75, 3.05) is 30.2 Å². The number of halogens is 3. The quantitative estimate of drug-likeness (QED) is 0.214. The summed E-state index contributed by atoms with van der Waals surface area (Å²) in [6.45, 7) is 0. The van der Waals surface area contributed by atoms with Gasteiger partial charge in [0.1, 0.15) is 0 Å². The second-order valence-corrected chi connectivity index (χ2v) is 8.55. The molecule has 0 aliphatic carbocycles. The van der Waals surface area contributed by atoms with Gasteiger partial charge in [0, 0.05) is 17.3 Å². The van der Waals surface area contributed by atoms with Crippen LogP contribution in [0.2, 0.25) is 0 Å². The van der Waals surface area contributed by atoms with Crippen molar-refractivity contribution < 1.29 is 51.5 Å². The first kappa shape index (κ1) is 29.9. The van der Waals surface area contributed by atoms with Crippen LogP contribution >= 0.6 is 0 Å². The molecule has 0 atom stereocenters. The van der Waals surface area contributed by atoms with Crippen LogP contribution in [0.4, 0.5) is 39.8 Å². The minimum Gasteiger partial charge on any atom is -0.478 e. The summed E-state index contributed by atoms with van der Waals surface area (Å²) >= 11 is 0. The molecule has 0 saturated carbocycles. The number of rotatable bonds is 6. The summed E-state index contributed by atoms with van der Waals surface area (Å²) < 4.78 is 56.9. The van der Waals surface area contributed by atoms with Crippen LogP contribution in [0.5, 0.6) is 0 Å². The van der Waals surface area contributed by atoms with Crippen LogP contribution in [-0.4, -0.2) is 48.5 Å². The predicted molar refractivity (Wildman–Crippen MR) is 143 cm³/mol. The highest BCUT2D eigenvalue weighted by Crippen LogP contribution is 2.43. The first-order valence-electron chi connectivity index (χ1n) is 11.8. The number of hydrogen-bond acceptors (Lipinski definition) is 9. The van der Waals surface area contributed by atoms with Crippen molar-refractivity contribution >= 4 is 52.1 Å². The van der Waals surface area contributed by atoms with E-state index in [1.165, 1.54) is 12.1 Å². The van der Waals surface area contributed by atoms with Gasteiger partial charge in [0.05, 0.1) is 53.7 Å². The number of hydrogen-bond donors (Lipinski definition) is 4. The van der Waals surface area contributed by atoms with Crippen LogP contribution in [0.3, 0.4) is 0 Å². The molecule has 220 valence electrons. The molecule has 3 aromatic carbocycles. The lowest BCUT2D eigenvalue weighted by molar-refractivity contribution is -0.137. The molecule has 0 unspecified atom stereocenters. The van der Waals surface area contributed by atoms with Gasteiger partial charge in [0.15, 0.2) is 11.3 Å². The molecule has 13 nitrogen and oxygen atoms in total. The molecular weight excluding hydrogens is 579 g/mol. The van der Waals surface area contributed by atoms with Gasteiger partial charge in [-0.15, -0.1) is 0 Å². The fraction of sp³-hybridized carbons (Fsp3) is 0.111. The number of anilines is 3. The first-order valence-corrected chi connectivity index (χ1v) is 11.8. The molecule has 1 aromatic heterocycles. The van der Waals surface area contributed by atoms with E-state index in [4.69, 9.17) is 9.78 Å². The number of carbonyl (C=O) groups excluding carboxylic acids is 3. The van der Waals surface area contributed by atoms with Crippen LogP contribution in [-0.2, 0) is 15.7 Å². The van der Waals surface area contributed by atoms with Crippen molar-refractivity contribution in [2.24, 2.45) is 0 Å². The zero-order valence-corrected chi connectivity index (χ0v) is 22.0. The number of aromatic carboxylic acids is 1. The van der Waals surface area contributed by atoms with Crippen molar-refractivity contribution in [3.63, 3.8) is 0 Å². The normalized spacial score (nSPS) is 10.9. The number of fused-ring (bicyclic) bond motifs is 1. The van der Waals surface area contributed by atoms with Crippen LogP contribution in [0.25, 0.3) is 22.1 Å². The molecule has 0 aliphatic heterocycles. The number of carbonyl (C=O) groups is 4. The predicted octanol–water partition coefficient (Wildman–Crippen LogP) is 5.69. The molecule has 43 heavy (non-hydrogen) atoms. The number of amides is 3. The fourth-order valence-corrected chi connectivity index (χ4v) is 3.98. The van der Waals surface area contributed by atoms with E-state index >= 15 is 0 Å². The van der Waals surface area contributed by atoms with Gasteiger partial charge in [0.25, 0.3) is 5.91 Å². The standard InChI is InChI=1S/C27H18F3N5O8/c1-41-25(39)32-13-4-5-14(18(8-13)27(28,29)30)15-9-17-21(10-20(15)34-26(40)42-2)43-35-22(17)23(36)33-19-6-3-12(11-31)7-16(19)24(37)38/h3-10H,1-2H3,(H,32,39)(H,33,36)(H,34,40)(H,37,38). The number of nitrogens with one attached hydrogen (secondary N) is 3. The Balaban J connectivity index is 1.87. The molecule has 4 aromatic rings. The van der Waals surface area contributed by atoms with Gasteiger partial charge < -0.3 is 24.4 Å². The van der Waals surface area contributed by atoms with Crippen LogP contribution in [0.1, 0.15) is 32.0 Å². The summed E-state index contributed by atoms with van der Waals surface area (Å²) in [6, 6.07) is 10.3. The Morgan fingerprint density at radius 1 is 0.907 bits per heavy atom. The number of aromatic nitrogens is 1. The maximum absolute atomic E-state index is 14.2. The Labute approximate surface area is 238 Å². The van der Waals surface area contributed by atoms with Gasteiger partial charge in [-0.2, -0.15) is 18.4 Å². The maximum atomic E-state index is 14.2. The molecule has 0 saturated heterocycles. The largest absolute Gasteiger partial charge is 0.478 e. The Bertz CT molecular complexity index is 1830. The molecule has 0 bridgehead atoms. The van der Waals surface area contributed by atoms with Crippen molar-refractivity contribution in [3.05, 3.63) is 70.9 Å². The van der Waals surface area contributed by atoms with E-state index in [2.05, 4.69) is 30.6 Å². The SMILES string of the molecule is COC(=O)Nc1ccc(-c2cc3c(C(=O)Nc4ccc(C#N)cc4C(=O)O)noc3cc2NC(=O)OC)c(C(F)(F)F)c1. The highest BCUT2D eigenvalue weighted by atomic mass is 19.4. The van der Waals surface area contributed by atoms with Crippen molar-refractivity contribution in [3.8, 4) is 17.2 Å². The summed E-state index contributed by atoms with van der Waals surface area (Å²) in [5.41, 5.74) is -3.51. The monoisotopic (exact) mass is 597 g/mol. The Morgan fingerprint density at radius 3 is 2.23 bits per heavy atom. The number of alkyl halides is 3. The van der Waals surface area contributed by atoms with Gasteiger partial charge in [-0.1, -0.05) is 11.2 Å². The minimum absolute atomic E-state index is 0.0193. The molecule has 3 amide bonds. The van der Waals surface area contributed by atoms with Gasteiger partial charge in [-0.25, -0.2) is 14.4 Å². The zero-order chi connectivity index (χ0) is 31.5. The molecule has 4 rings (SSSR count). The average Bonchev–Trinajstić information content (AvgIpc) is 3.39. The van der Waals surface area contributed by atoms with E-state index in [9.17, 15) is 37.5 Å². The third kappa shape index (κ3) is 6.30. The van der Waals surface area contributed by atoms with Gasteiger partial charge >= 0.3 is 24.3 Å². The lowest BCUT2D eigenvalue weighted by atomic mass is 9.95. The van der Waals surface area contributed by atoms with E-state index in [1.807, 2.05) is 0 Å². The summed E-state index contributed by atoms with van der Waals surface area (Å²) in [5, 5.41) is 28.9. The highest BCUT2D eigenvalue weighted by Gasteiger charge is 2.35. The van der Waals surface area contributed by atoms with Crippen LogP contribution in [0.15, 0.2) is 53.1 Å². The van der Waals surface area contributed by atoms with E-state index in [-0.39, 0.29) is 39.2 Å². The number of methoxy groups -OCH3 is 2. The second-order valence-electron chi connectivity index (χ2n) is 8.55. The number of benzene rings is 3. The van der Waals surface area contributed by atoms with Gasteiger partial charge in [0.2, 0.25) is 0 Å². The molecule has 0 aliphatic rings. The van der Waals surface area contributed by atoms with Crippen LogP contribution < -0.4 is 16.0 Å². The topological polar surface area (TPSA) is 193 Å². The lowest BCUT2D eigenvalue weighted by Crippen LogP contribution is -2.16. The molecule has 0 spiro atoms. The van der Waals surface area contributed by atoms with E-state index in [0.717, 1.165) is 44.6 Å². The lowest BCUT2D eigenvalue weighted by Gasteiger charge is -2.18. The molecule has 16 heteroatoms. The van der Waals surface area contributed by atoms with Crippen LogP contribution in [0, 0.1) is 11.3 Å². The molecule has 1 heterocycles. The summed E-state index contributed by atoms with van der Waals surface area (Å²) in [7, 11) is 2.07. The molecule has 0 radical (unpaired) electrons. The smallest absolute Gasteiger partial charge is 0.417 e. The third-order valence-electron chi connectivity index (χ3n) is 5.92. The molecule has 4 N–H and O–H groups in total. The van der Waals surface area contributed by atoms with Crippen molar-refractivity contribution in [1.82, 2.24) is 5.16 Å². The van der Waals surface area contributed by atoms with Gasteiger partial charge in [-0.05, 0) is 42.0 Å². The summed E-state index contributed by atoms with van der Waals surface area (Å²) in [4.78, 5) is 48.4. The number of nitriles is 1. The van der Waals surface area contributed by atoms with E-state index in [0.29, 0.717) is 6.07 Å². The second kappa shape index (κ2) is 11.8. The zero-order valence-electron chi connectivity index (χ0n) is 22.0. The van der Waals surface area contributed by atoms with Crippen molar-refractivity contribution in [1.29, 1.82) is 5.26 Å². The number of ether oxygens (including phenoxy) is 2. The molecule has 0 fully saturated rings. The maximum Gasteiger partial charge on any atom is 0.417 e. The average molecular weight is 597 g/mol. The number of carboxylic acids is 1. The van der Waals surface area contributed by atoms with Gasteiger partial charge in [-0.3, -0.25) is 15.4 Å². The molecular formula is C27H18F3N5O8. The van der Waals surface area contributed by atoms with Crippen molar-refractivity contribution in [2.45, 2.75) is 6.18 Å². The third-order valence-corrected chi connectivity index (χ3v) is 5.92. The number of carboxylic acid groups (broad SMARTS) is 1. The van der Waals surface area contributed by atoms with E-state index < -0.39 is 52.6 Å². The first-order chi connectivity index (χ1) is 20.4. The Morgan fingerprint density at radius 2 is 1.60 bits per heavy atom.